The minimum Gasteiger partial charge on any atom is -0.312 e. The summed E-state index contributed by atoms with van der Waals surface area (Å²) in [6, 6.07) is 9.18. The van der Waals surface area contributed by atoms with Crippen LogP contribution in [0.2, 0.25) is 0 Å². The number of likely N-dealkylation sites (tertiary alicyclic amines) is 1. The SMILES string of the molecule is CC(CNCc1cccc(C2CC2)c1)CN1CCCCC1. The van der Waals surface area contributed by atoms with Crippen molar-refractivity contribution in [1.29, 1.82) is 0 Å². The third kappa shape index (κ3) is 4.82. The zero-order chi connectivity index (χ0) is 14.5. The molecule has 1 heterocycles. The summed E-state index contributed by atoms with van der Waals surface area (Å²) in [6.45, 7) is 8.41. The summed E-state index contributed by atoms with van der Waals surface area (Å²) >= 11 is 0. The lowest BCUT2D eigenvalue weighted by molar-refractivity contribution is 0.199. The smallest absolute Gasteiger partial charge is 0.0205 e. The van der Waals surface area contributed by atoms with Crippen LogP contribution in [0.1, 0.15) is 56.1 Å². The lowest BCUT2D eigenvalue weighted by Crippen LogP contribution is -2.36. The molecule has 0 bridgehead atoms. The first-order valence-electron chi connectivity index (χ1n) is 8.83. The summed E-state index contributed by atoms with van der Waals surface area (Å²) in [5.41, 5.74) is 3.00. The molecule has 1 aliphatic heterocycles. The molecule has 1 aromatic carbocycles. The Morgan fingerprint density at radius 1 is 1.19 bits per heavy atom. The number of nitrogens with one attached hydrogen (secondary N) is 1. The highest BCUT2D eigenvalue weighted by atomic mass is 15.1. The van der Waals surface area contributed by atoms with Crippen LogP contribution in [0.3, 0.4) is 0 Å². The van der Waals surface area contributed by atoms with Crippen molar-refractivity contribution in [3.8, 4) is 0 Å². The average Bonchev–Trinajstić information content (AvgIpc) is 3.33. The molecule has 0 amide bonds. The highest BCUT2D eigenvalue weighted by Crippen LogP contribution is 2.40. The van der Waals surface area contributed by atoms with Gasteiger partial charge >= 0.3 is 0 Å². The molecule has 116 valence electrons. The van der Waals surface area contributed by atoms with Crippen molar-refractivity contribution in [2.75, 3.05) is 26.2 Å². The van der Waals surface area contributed by atoms with Crippen molar-refractivity contribution in [2.24, 2.45) is 5.92 Å². The van der Waals surface area contributed by atoms with Gasteiger partial charge in [0.2, 0.25) is 0 Å². The highest BCUT2D eigenvalue weighted by Gasteiger charge is 2.23. The molecule has 1 N–H and O–H groups in total. The van der Waals surface area contributed by atoms with Crippen molar-refractivity contribution in [3.63, 3.8) is 0 Å². The largest absolute Gasteiger partial charge is 0.312 e. The maximum Gasteiger partial charge on any atom is 0.0205 e. The first-order valence-corrected chi connectivity index (χ1v) is 8.83. The van der Waals surface area contributed by atoms with Gasteiger partial charge in [0.15, 0.2) is 0 Å². The van der Waals surface area contributed by atoms with Crippen molar-refractivity contribution in [2.45, 2.75) is 51.5 Å². The summed E-state index contributed by atoms with van der Waals surface area (Å²) < 4.78 is 0. The number of hydrogen-bond donors (Lipinski definition) is 1. The van der Waals surface area contributed by atoms with Gasteiger partial charge in [0.1, 0.15) is 0 Å². The minimum atomic E-state index is 0.745. The van der Waals surface area contributed by atoms with E-state index in [-0.39, 0.29) is 0 Å². The van der Waals surface area contributed by atoms with E-state index in [2.05, 4.69) is 41.4 Å². The van der Waals surface area contributed by atoms with Crippen LogP contribution in [0, 0.1) is 5.92 Å². The molecule has 21 heavy (non-hydrogen) atoms. The molecule has 2 nitrogen and oxygen atoms in total. The molecular weight excluding hydrogens is 256 g/mol. The molecule has 1 aliphatic carbocycles. The molecule has 0 spiro atoms. The fourth-order valence-electron chi connectivity index (χ4n) is 3.48. The summed E-state index contributed by atoms with van der Waals surface area (Å²) in [4.78, 5) is 2.64. The first kappa shape index (κ1) is 15.1. The predicted octanol–water partition coefficient (Wildman–Crippen LogP) is 3.78. The average molecular weight is 286 g/mol. The second-order valence-electron chi connectivity index (χ2n) is 7.12. The summed E-state index contributed by atoms with van der Waals surface area (Å²) in [7, 11) is 0. The van der Waals surface area contributed by atoms with Gasteiger partial charge in [0.05, 0.1) is 0 Å². The fraction of sp³-hybridized carbons (Fsp3) is 0.684. The monoisotopic (exact) mass is 286 g/mol. The predicted molar refractivity (Wildman–Crippen MR) is 89.6 cm³/mol. The second kappa shape index (κ2) is 7.42. The lowest BCUT2D eigenvalue weighted by atomic mass is 10.1. The van der Waals surface area contributed by atoms with E-state index in [0.717, 1.165) is 24.9 Å². The molecular formula is C19H30N2. The van der Waals surface area contributed by atoms with Crippen molar-refractivity contribution in [3.05, 3.63) is 35.4 Å². The minimum absolute atomic E-state index is 0.745. The summed E-state index contributed by atoms with van der Waals surface area (Å²) in [6.07, 6.45) is 7.01. The van der Waals surface area contributed by atoms with Crippen LogP contribution >= 0.6 is 0 Å². The molecule has 1 unspecified atom stereocenters. The van der Waals surface area contributed by atoms with Gasteiger partial charge in [-0.05, 0) is 68.3 Å². The van der Waals surface area contributed by atoms with Crippen molar-refractivity contribution in [1.82, 2.24) is 10.2 Å². The normalized spacial score (nSPS) is 21.4. The number of piperidine rings is 1. The van der Waals surface area contributed by atoms with Crippen LogP contribution in [-0.2, 0) is 6.54 Å². The summed E-state index contributed by atoms with van der Waals surface area (Å²) in [5.74, 6) is 1.61. The number of nitrogens with zero attached hydrogens (tertiary/aromatic N) is 1. The third-order valence-corrected chi connectivity index (χ3v) is 4.84. The Balaban J connectivity index is 1.37. The van der Waals surface area contributed by atoms with Crippen LogP contribution in [0.5, 0.6) is 0 Å². The molecule has 1 atom stereocenters. The molecule has 1 saturated heterocycles. The van der Waals surface area contributed by atoms with Crippen LogP contribution in [0.15, 0.2) is 24.3 Å². The quantitative estimate of drug-likeness (QED) is 0.820. The molecule has 0 aromatic heterocycles. The van der Waals surface area contributed by atoms with Gasteiger partial charge in [-0.2, -0.15) is 0 Å². The molecule has 2 fully saturated rings. The zero-order valence-corrected chi connectivity index (χ0v) is 13.5. The van der Waals surface area contributed by atoms with Gasteiger partial charge in [-0.1, -0.05) is 37.6 Å². The molecule has 1 aromatic rings. The Kier molecular flexibility index (Phi) is 5.32. The van der Waals surface area contributed by atoms with E-state index < -0.39 is 0 Å². The van der Waals surface area contributed by atoms with Crippen molar-refractivity contribution >= 4 is 0 Å². The lowest BCUT2D eigenvalue weighted by Gasteiger charge is -2.29. The maximum absolute atomic E-state index is 3.65. The number of rotatable bonds is 7. The van der Waals surface area contributed by atoms with Crippen LogP contribution in [-0.4, -0.2) is 31.1 Å². The van der Waals surface area contributed by atoms with E-state index in [1.54, 1.807) is 5.56 Å². The summed E-state index contributed by atoms with van der Waals surface area (Å²) in [5, 5.41) is 3.65. The van der Waals surface area contributed by atoms with E-state index in [4.69, 9.17) is 0 Å². The fourth-order valence-corrected chi connectivity index (χ4v) is 3.48. The van der Waals surface area contributed by atoms with E-state index in [9.17, 15) is 0 Å². The standard InChI is InChI=1S/C19H30N2/c1-16(15-21-10-3-2-4-11-21)13-20-14-17-6-5-7-19(12-17)18-8-9-18/h5-7,12,16,18,20H,2-4,8-11,13-15H2,1H3. The molecule has 2 aliphatic rings. The number of benzene rings is 1. The van der Waals surface area contributed by atoms with Gasteiger partial charge in [-0.3, -0.25) is 0 Å². The molecule has 1 saturated carbocycles. The maximum atomic E-state index is 3.65. The Labute approximate surface area is 129 Å². The molecule has 3 rings (SSSR count). The first-order chi connectivity index (χ1) is 10.3. The van der Waals surface area contributed by atoms with E-state index in [1.807, 2.05) is 0 Å². The molecule has 2 heteroatoms. The van der Waals surface area contributed by atoms with Crippen molar-refractivity contribution < 1.29 is 0 Å². The Morgan fingerprint density at radius 3 is 2.76 bits per heavy atom. The van der Waals surface area contributed by atoms with E-state index >= 15 is 0 Å². The van der Waals surface area contributed by atoms with Gasteiger partial charge < -0.3 is 10.2 Å². The van der Waals surface area contributed by atoms with Crippen LogP contribution in [0.4, 0.5) is 0 Å². The van der Waals surface area contributed by atoms with Gasteiger partial charge in [-0.25, -0.2) is 0 Å². The van der Waals surface area contributed by atoms with Gasteiger partial charge in [0.25, 0.3) is 0 Å². The van der Waals surface area contributed by atoms with Gasteiger partial charge in [-0.15, -0.1) is 0 Å². The Morgan fingerprint density at radius 2 is 2.00 bits per heavy atom. The van der Waals surface area contributed by atoms with E-state index in [0.29, 0.717) is 0 Å². The molecule has 0 radical (unpaired) electrons. The second-order valence-corrected chi connectivity index (χ2v) is 7.12. The Hall–Kier alpha value is -0.860. The van der Waals surface area contributed by atoms with E-state index in [1.165, 1.54) is 57.3 Å². The van der Waals surface area contributed by atoms with Gasteiger partial charge in [0, 0.05) is 13.1 Å². The highest BCUT2D eigenvalue weighted by molar-refractivity contribution is 5.29. The number of hydrogen-bond acceptors (Lipinski definition) is 2. The third-order valence-electron chi connectivity index (χ3n) is 4.84. The Bertz CT molecular complexity index is 433. The zero-order valence-electron chi connectivity index (χ0n) is 13.5. The topological polar surface area (TPSA) is 15.3 Å². The van der Waals surface area contributed by atoms with Crippen LogP contribution in [0.25, 0.3) is 0 Å². The van der Waals surface area contributed by atoms with Crippen LogP contribution < -0.4 is 5.32 Å².